The molecule has 0 aliphatic rings. The van der Waals surface area contributed by atoms with Crippen LogP contribution in [0, 0.1) is 0 Å². The van der Waals surface area contributed by atoms with Gasteiger partial charge in [-0.15, -0.1) is 0 Å². The zero-order chi connectivity index (χ0) is 13.9. The van der Waals surface area contributed by atoms with Crippen LogP contribution in [0.1, 0.15) is 25.2 Å². The first-order valence-electron chi connectivity index (χ1n) is 6.93. The van der Waals surface area contributed by atoms with Gasteiger partial charge in [-0.05, 0) is 12.1 Å². The molecular formula is C16H19N3O. The Bertz CT molecular complexity index is 696. The normalized spacial score (nSPS) is 11.6. The van der Waals surface area contributed by atoms with Gasteiger partial charge in [0.1, 0.15) is 5.76 Å². The topological polar surface area (TPSA) is 43.0 Å². The maximum Gasteiger partial charge on any atom is 0.122 e. The van der Waals surface area contributed by atoms with Crippen LogP contribution in [0.4, 0.5) is 0 Å². The minimum atomic E-state index is 0.443. The first-order chi connectivity index (χ1) is 9.74. The number of hydrogen-bond acceptors (Lipinski definition) is 3. The summed E-state index contributed by atoms with van der Waals surface area (Å²) >= 11 is 0. The lowest BCUT2D eigenvalue weighted by Gasteiger charge is -2.08. The van der Waals surface area contributed by atoms with E-state index in [1.807, 2.05) is 29.1 Å². The average molecular weight is 269 g/mol. The molecule has 2 heterocycles. The fourth-order valence-corrected chi connectivity index (χ4v) is 2.27. The zero-order valence-corrected chi connectivity index (χ0v) is 11.8. The quantitative estimate of drug-likeness (QED) is 0.773. The van der Waals surface area contributed by atoms with E-state index < -0.39 is 0 Å². The molecular weight excluding hydrogens is 250 g/mol. The van der Waals surface area contributed by atoms with Crippen molar-refractivity contribution in [3.63, 3.8) is 0 Å². The first-order valence-corrected chi connectivity index (χ1v) is 6.93. The van der Waals surface area contributed by atoms with E-state index in [1.54, 1.807) is 6.26 Å². The number of furan rings is 1. The van der Waals surface area contributed by atoms with Gasteiger partial charge in [-0.25, -0.2) is 0 Å². The minimum Gasteiger partial charge on any atom is -0.468 e. The SMILES string of the molecule is CC(C)NCc1occc1Cn1ncc2ccccc21. The predicted octanol–water partition coefficient (Wildman–Crippen LogP) is 3.18. The van der Waals surface area contributed by atoms with Crippen molar-refractivity contribution in [3.05, 3.63) is 54.1 Å². The van der Waals surface area contributed by atoms with Gasteiger partial charge in [0.25, 0.3) is 0 Å². The molecule has 0 saturated heterocycles. The van der Waals surface area contributed by atoms with Crippen molar-refractivity contribution in [2.45, 2.75) is 33.0 Å². The Morgan fingerprint density at radius 3 is 2.95 bits per heavy atom. The predicted molar refractivity (Wildman–Crippen MR) is 79.5 cm³/mol. The average Bonchev–Trinajstić information content (AvgIpc) is 3.05. The molecule has 3 rings (SSSR count). The molecule has 0 aliphatic carbocycles. The molecule has 0 fully saturated rings. The van der Waals surface area contributed by atoms with Gasteiger partial charge in [-0.1, -0.05) is 32.0 Å². The van der Waals surface area contributed by atoms with Gasteiger partial charge in [0, 0.05) is 17.0 Å². The molecule has 20 heavy (non-hydrogen) atoms. The Kier molecular flexibility index (Phi) is 3.56. The van der Waals surface area contributed by atoms with Crippen LogP contribution in [0.25, 0.3) is 10.9 Å². The highest BCUT2D eigenvalue weighted by atomic mass is 16.3. The molecule has 0 amide bonds. The molecule has 4 heteroatoms. The highest BCUT2D eigenvalue weighted by Gasteiger charge is 2.09. The summed E-state index contributed by atoms with van der Waals surface area (Å²) in [5.41, 5.74) is 2.32. The Morgan fingerprint density at radius 1 is 1.25 bits per heavy atom. The molecule has 0 radical (unpaired) electrons. The Labute approximate surface area is 118 Å². The van der Waals surface area contributed by atoms with Crippen LogP contribution < -0.4 is 5.32 Å². The number of benzene rings is 1. The van der Waals surface area contributed by atoms with E-state index in [2.05, 4.69) is 36.4 Å². The van der Waals surface area contributed by atoms with Crippen molar-refractivity contribution in [2.75, 3.05) is 0 Å². The van der Waals surface area contributed by atoms with Crippen molar-refractivity contribution >= 4 is 10.9 Å². The molecule has 0 bridgehead atoms. The van der Waals surface area contributed by atoms with Crippen LogP contribution in [0.15, 0.2) is 47.2 Å². The van der Waals surface area contributed by atoms with Crippen molar-refractivity contribution in [1.82, 2.24) is 15.1 Å². The number of aromatic nitrogens is 2. The highest BCUT2D eigenvalue weighted by molar-refractivity contribution is 5.78. The maximum absolute atomic E-state index is 5.57. The maximum atomic E-state index is 5.57. The van der Waals surface area contributed by atoms with Gasteiger partial charge in [-0.3, -0.25) is 4.68 Å². The summed E-state index contributed by atoms with van der Waals surface area (Å²) in [6, 6.07) is 10.7. The molecule has 3 aromatic rings. The molecule has 104 valence electrons. The monoisotopic (exact) mass is 269 g/mol. The fourth-order valence-electron chi connectivity index (χ4n) is 2.27. The van der Waals surface area contributed by atoms with Crippen molar-refractivity contribution in [3.8, 4) is 0 Å². The number of rotatable bonds is 5. The van der Waals surface area contributed by atoms with Crippen molar-refractivity contribution in [1.29, 1.82) is 0 Å². The number of nitrogens with zero attached hydrogens (tertiary/aromatic N) is 2. The van der Waals surface area contributed by atoms with E-state index in [0.717, 1.165) is 29.8 Å². The fraction of sp³-hybridized carbons (Fsp3) is 0.312. The van der Waals surface area contributed by atoms with E-state index in [1.165, 1.54) is 5.56 Å². The van der Waals surface area contributed by atoms with E-state index >= 15 is 0 Å². The van der Waals surface area contributed by atoms with Gasteiger partial charge in [0.15, 0.2) is 0 Å². The Balaban J connectivity index is 1.83. The molecule has 0 atom stereocenters. The van der Waals surface area contributed by atoms with Crippen LogP contribution >= 0.6 is 0 Å². The van der Waals surface area contributed by atoms with E-state index in [4.69, 9.17) is 4.42 Å². The van der Waals surface area contributed by atoms with Gasteiger partial charge in [0.2, 0.25) is 0 Å². The second-order valence-electron chi connectivity index (χ2n) is 5.27. The van der Waals surface area contributed by atoms with Crippen molar-refractivity contribution in [2.24, 2.45) is 0 Å². The lowest BCUT2D eigenvalue weighted by molar-refractivity contribution is 0.458. The van der Waals surface area contributed by atoms with Crippen molar-refractivity contribution < 1.29 is 4.42 Å². The molecule has 1 N–H and O–H groups in total. The summed E-state index contributed by atoms with van der Waals surface area (Å²) < 4.78 is 7.59. The summed E-state index contributed by atoms with van der Waals surface area (Å²) in [5, 5.41) is 9.01. The lowest BCUT2D eigenvalue weighted by atomic mass is 10.2. The molecule has 1 aromatic carbocycles. The highest BCUT2D eigenvalue weighted by Crippen LogP contribution is 2.17. The molecule has 0 saturated carbocycles. The van der Waals surface area contributed by atoms with E-state index in [-0.39, 0.29) is 0 Å². The summed E-state index contributed by atoms with van der Waals surface area (Å²) in [6.45, 7) is 5.74. The van der Waals surface area contributed by atoms with Gasteiger partial charge >= 0.3 is 0 Å². The number of hydrogen-bond donors (Lipinski definition) is 1. The summed E-state index contributed by atoms with van der Waals surface area (Å²) in [6.07, 6.45) is 3.65. The summed E-state index contributed by atoms with van der Waals surface area (Å²) in [5.74, 6) is 0.985. The van der Waals surface area contributed by atoms with Crippen LogP contribution in [-0.4, -0.2) is 15.8 Å². The number of nitrogens with one attached hydrogen (secondary N) is 1. The Morgan fingerprint density at radius 2 is 2.10 bits per heavy atom. The molecule has 0 aliphatic heterocycles. The van der Waals surface area contributed by atoms with E-state index in [9.17, 15) is 0 Å². The standard InChI is InChI=1S/C16H19N3O/c1-12(2)17-10-16-14(7-8-20-16)11-19-15-6-4-3-5-13(15)9-18-19/h3-9,12,17H,10-11H2,1-2H3. The third kappa shape index (κ3) is 2.60. The minimum absolute atomic E-state index is 0.443. The smallest absolute Gasteiger partial charge is 0.122 e. The molecule has 0 spiro atoms. The van der Waals surface area contributed by atoms with Crippen LogP contribution in [-0.2, 0) is 13.1 Å². The lowest BCUT2D eigenvalue weighted by Crippen LogP contribution is -2.22. The number of para-hydroxylation sites is 1. The zero-order valence-electron chi connectivity index (χ0n) is 11.8. The van der Waals surface area contributed by atoms with Crippen LogP contribution in [0.5, 0.6) is 0 Å². The van der Waals surface area contributed by atoms with Gasteiger partial charge < -0.3 is 9.73 Å². The second kappa shape index (κ2) is 5.51. The third-order valence-corrected chi connectivity index (χ3v) is 3.38. The summed E-state index contributed by atoms with van der Waals surface area (Å²) in [4.78, 5) is 0. The molecule has 0 unspecified atom stereocenters. The molecule has 2 aromatic heterocycles. The van der Waals surface area contributed by atoms with Gasteiger partial charge in [-0.2, -0.15) is 5.10 Å². The number of fused-ring (bicyclic) bond motifs is 1. The Hall–Kier alpha value is -2.07. The second-order valence-corrected chi connectivity index (χ2v) is 5.27. The largest absolute Gasteiger partial charge is 0.468 e. The molecule has 4 nitrogen and oxygen atoms in total. The third-order valence-electron chi connectivity index (χ3n) is 3.38. The van der Waals surface area contributed by atoms with E-state index in [0.29, 0.717) is 6.04 Å². The van der Waals surface area contributed by atoms with Gasteiger partial charge in [0.05, 0.1) is 31.1 Å². The first kappa shape index (κ1) is 12.9. The van der Waals surface area contributed by atoms with Crippen LogP contribution in [0.2, 0.25) is 0 Å². The summed E-state index contributed by atoms with van der Waals surface area (Å²) in [7, 11) is 0. The van der Waals surface area contributed by atoms with Crippen LogP contribution in [0.3, 0.4) is 0 Å².